The fourth-order valence-electron chi connectivity index (χ4n) is 15.3. The standard InChI is InChI=1S/C54H34N4.C46H28N4/c1-3-8-35(9-4-1)44-31-45(36-10-5-2-6-11-36)33-46(32-44)51-26-22-43-30-41(21-25-50(43)57-51)42-18-17-39-20-24-49(58-52(39)34-42)38-15-13-37(14-16-38)47-27-29-56-54-48(47)23-19-40-12-7-28-55-53(40)54;1-2-8-37-29(5-1)6-3-9-39(37)43-23-19-36-27-34(18-22-42(36)49-43)35-15-14-32-17-21-41(50-44(32)28-35)31-12-10-30(11-13-31)38-24-26-48-46-40(38)20-16-33-7-4-25-47-45(33)46/h1-34H;1-28H. The monoisotopic (exact) mass is 1370 g/mol. The lowest BCUT2D eigenvalue weighted by Gasteiger charge is -2.12. The molecule has 0 atom stereocenters. The van der Waals surface area contributed by atoms with E-state index in [-0.39, 0.29) is 0 Å². The minimum atomic E-state index is 0.918. The van der Waals surface area contributed by atoms with Crippen molar-refractivity contribution < 1.29 is 0 Å². The third-order valence-corrected chi connectivity index (χ3v) is 20.9. The zero-order valence-electron chi connectivity index (χ0n) is 58.4. The predicted molar refractivity (Wildman–Crippen MR) is 447 cm³/mol. The van der Waals surface area contributed by atoms with E-state index in [1.165, 1.54) is 33.0 Å². The molecule has 0 bridgehead atoms. The third kappa shape index (κ3) is 11.9. The highest BCUT2D eigenvalue weighted by atomic mass is 14.7. The number of fused-ring (bicyclic) bond motifs is 11. The van der Waals surface area contributed by atoms with E-state index < -0.39 is 0 Å². The Balaban J connectivity index is 0.000000144. The summed E-state index contributed by atoms with van der Waals surface area (Å²) in [5.74, 6) is 0. The second-order valence-corrected chi connectivity index (χ2v) is 27.4. The van der Waals surface area contributed by atoms with Crippen molar-refractivity contribution in [3.63, 3.8) is 0 Å². The smallest absolute Gasteiger partial charge is 0.0970 e. The van der Waals surface area contributed by atoms with E-state index >= 15 is 0 Å². The number of benzene rings is 13. The first-order chi connectivity index (χ1) is 53.4. The number of rotatable bonds is 10. The molecule has 0 spiro atoms. The van der Waals surface area contributed by atoms with Gasteiger partial charge < -0.3 is 0 Å². The SMILES string of the molecule is c1ccc(-c2cc(-c3ccccc3)cc(-c3ccc4cc(-c5ccc6ccc(-c7ccc(-c8ccnc9c8ccc8cccnc89)cc7)nc6c5)ccc4n3)c2)cc1.c1ccc2c(-c3ccc4cc(-c5ccc6ccc(-c7ccc(-c8ccnc9c8ccc8cccnc89)cc7)nc6c5)ccc4n3)cccc2c1. The Morgan fingerprint density at radius 3 is 1.06 bits per heavy atom. The minimum absolute atomic E-state index is 0.918. The average molecular weight is 1380 g/mol. The molecule has 0 aliphatic heterocycles. The minimum Gasteiger partial charge on any atom is -0.254 e. The van der Waals surface area contributed by atoms with Crippen molar-refractivity contribution in [3.05, 3.63) is 377 Å². The highest BCUT2D eigenvalue weighted by Crippen LogP contribution is 2.39. The van der Waals surface area contributed by atoms with Gasteiger partial charge in [0.15, 0.2) is 0 Å². The summed E-state index contributed by atoms with van der Waals surface area (Å²) in [7, 11) is 0. The summed E-state index contributed by atoms with van der Waals surface area (Å²) >= 11 is 0. The van der Waals surface area contributed by atoms with Crippen molar-refractivity contribution in [3.8, 4) is 112 Å². The molecule has 0 aliphatic carbocycles. The molecule has 0 aliphatic rings. The van der Waals surface area contributed by atoms with Gasteiger partial charge in [-0.15, -0.1) is 0 Å². The average Bonchev–Trinajstić information content (AvgIpc) is 0.797. The van der Waals surface area contributed by atoms with Crippen molar-refractivity contribution >= 4 is 98.0 Å². The van der Waals surface area contributed by atoms with Crippen LogP contribution in [0.2, 0.25) is 0 Å². The molecule has 0 radical (unpaired) electrons. The van der Waals surface area contributed by atoms with Gasteiger partial charge in [-0.25, -0.2) is 19.9 Å². The Hall–Kier alpha value is -14.6. The Morgan fingerprint density at radius 2 is 0.528 bits per heavy atom. The Kier molecular flexibility index (Phi) is 15.7. The van der Waals surface area contributed by atoms with Crippen molar-refractivity contribution in [2.24, 2.45) is 0 Å². The van der Waals surface area contributed by atoms with Crippen LogP contribution in [0, 0.1) is 0 Å². The van der Waals surface area contributed by atoms with Crippen molar-refractivity contribution in [1.82, 2.24) is 39.9 Å². The molecule has 8 nitrogen and oxygen atoms in total. The van der Waals surface area contributed by atoms with Gasteiger partial charge in [-0.05, 0) is 181 Å². The first kappa shape index (κ1) is 63.1. The number of nitrogens with zero attached hydrogens (tertiary/aromatic N) is 8. The molecule has 108 heavy (non-hydrogen) atoms. The van der Waals surface area contributed by atoms with Crippen LogP contribution in [0.15, 0.2) is 377 Å². The van der Waals surface area contributed by atoms with Gasteiger partial charge in [-0.2, -0.15) is 0 Å². The lowest BCUT2D eigenvalue weighted by atomic mass is 9.94. The maximum atomic E-state index is 5.18. The van der Waals surface area contributed by atoms with Gasteiger partial charge in [0.1, 0.15) is 0 Å². The van der Waals surface area contributed by atoms with Crippen LogP contribution < -0.4 is 0 Å². The second-order valence-electron chi connectivity index (χ2n) is 27.4. The van der Waals surface area contributed by atoms with E-state index in [4.69, 9.17) is 24.9 Å². The van der Waals surface area contributed by atoms with Crippen molar-refractivity contribution in [1.29, 1.82) is 0 Å². The van der Waals surface area contributed by atoms with Gasteiger partial charge >= 0.3 is 0 Å². The molecule has 8 heterocycles. The lowest BCUT2D eigenvalue weighted by Crippen LogP contribution is -1.90. The molecule has 8 heteroatoms. The molecule has 8 aromatic heterocycles. The van der Waals surface area contributed by atoms with E-state index in [2.05, 4.69) is 355 Å². The van der Waals surface area contributed by atoms with Crippen LogP contribution in [0.1, 0.15) is 0 Å². The number of pyridine rings is 8. The molecule has 21 aromatic rings. The van der Waals surface area contributed by atoms with Crippen LogP contribution in [0.4, 0.5) is 0 Å². The molecule has 0 saturated heterocycles. The van der Waals surface area contributed by atoms with Crippen LogP contribution in [-0.2, 0) is 0 Å². The van der Waals surface area contributed by atoms with E-state index in [9.17, 15) is 0 Å². The van der Waals surface area contributed by atoms with E-state index in [1.807, 2.05) is 36.9 Å². The first-order valence-electron chi connectivity index (χ1n) is 36.3. The largest absolute Gasteiger partial charge is 0.254 e. The second kappa shape index (κ2) is 26.9. The first-order valence-corrected chi connectivity index (χ1v) is 36.3. The molecule has 0 unspecified atom stereocenters. The van der Waals surface area contributed by atoms with Crippen LogP contribution >= 0.6 is 0 Å². The fraction of sp³-hybridized carbons (Fsp3) is 0. The van der Waals surface area contributed by atoms with Gasteiger partial charge in [-0.3, -0.25) is 19.9 Å². The molecule has 0 N–H and O–H groups in total. The molecule has 0 fully saturated rings. The third-order valence-electron chi connectivity index (χ3n) is 20.9. The maximum absolute atomic E-state index is 5.18. The van der Waals surface area contributed by atoms with Gasteiger partial charge in [0.2, 0.25) is 0 Å². The summed E-state index contributed by atoms with van der Waals surface area (Å²) in [6.07, 6.45) is 7.40. The van der Waals surface area contributed by atoms with Crippen LogP contribution in [0.25, 0.3) is 210 Å². The fourth-order valence-corrected chi connectivity index (χ4v) is 15.3. The van der Waals surface area contributed by atoms with E-state index in [1.54, 1.807) is 0 Å². The number of hydrogen-bond donors (Lipinski definition) is 0. The Morgan fingerprint density at radius 1 is 0.148 bits per heavy atom. The van der Waals surface area contributed by atoms with Gasteiger partial charge in [0.05, 0.1) is 66.9 Å². The Labute approximate surface area is 622 Å². The number of aromatic nitrogens is 8. The van der Waals surface area contributed by atoms with Crippen molar-refractivity contribution in [2.45, 2.75) is 0 Å². The topological polar surface area (TPSA) is 103 Å². The van der Waals surface area contributed by atoms with Crippen LogP contribution in [0.3, 0.4) is 0 Å². The molecule has 502 valence electrons. The number of hydrogen-bond acceptors (Lipinski definition) is 8. The zero-order chi connectivity index (χ0) is 71.4. The molecular formula is C100H62N8. The summed E-state index contributed by atoms with van der Waals surface area (Å²) in [5, 5.41) is 11.2. The molecule has 21 rings (SSSR count). The summed E-state index contributed by atoms with van der Waals surface area (Å²) in [4.78, 5) is 39.1. The maximum Gasteiger partial charge on any atom is 0.0970 e. The predicted octanol–water partition coefficient (Wildman–Crippen LogP) is 25.6. The highest BCUT2D eigenvalue weighted by molar-refractivity contribution is 6.10. The zero-order valence-corrected chi connectivity index (χ0v) is 58.4. The van der Waals surface area contributed by atoms with Gasteiger partial charge in [0.25, 0.3) is 0 Å². The summed E-state index contributed by atoms with van der Waals surface area (Å²) in [5.41, 5.74) is 29.5. The molecular weight excluding hydrogens is 1310 g/mol. The van der Waals surface area contributed by atoms with E-state index in [0.29, 0.717) is 0 Å². The van der Waals surface area contributed by atoms with Crippen LogP contribution in [0.5, 0.6) is 0 Å². The Bertz CT molecular complexity index is 7040. The summed E-state index contributed by atoms with van der Waals surface area (Å²) in [6, 6.07) is 124. The molecule has 0 amide bonds. The van der Waals surface area contributed by atoms with Gasteiger partial charge in [0, 0.05) is 90.1 Å². The van der Waals surface area contributed by atoms with E-state index in [0.717, 1.165) is 177 Å². The highest BCUT2D eigenvalue weighted by Gasteiger charge is 2.17. The normalized spacial score (nSPS) is 11.5. The summed E-state index contributed by atoms with van der Waals surface area (Å²) in [6.45, 7) is 0. The van der Waals surface area contributed by atoms with Gasteiger partial charge in [-0.1, -0.05) is 249 Å². The molecule has 13 aromatic carbocycles. The van der Waals surface area contributed by atoms with Crippen LogP contribution in [-0.4, -0.2) is 39.9 Å². The summed E-state index contributed by atoms with van der Waals surface area (Å²) < 4.78 is 0. The quantitative estimate of drug-likeness (QED) is 0.125. The molecule has 0 saturated carbocycles. The van der Waals surface area contributed by atoms with Crippen molar-refractivity contribution in [2.75, 3.05) is 0 Å². The lowest BCUT2D eigenvalue weighted by molar-refractivity contribution is 1.37.